The van der Waals surface area contributed by atoms with Crippen molar-refractivity contribution in [3.63, 3.8) is 0 Å². The van der Waals surface area contributed by atoms with E-state index in [1.807, 2.05) is 0 Å². The van der Waals surface area contributed by atoms with Gasteiger partial charge in [0.2, 0.25) is 0 Å². The lowest BCUT2D eigenvalue weighted by atomic mass is 10.2. The first-order valence-corrected chi connectivity index (χ1v) is 3.51. The molecule has 2 aromatic rings. The summed E-state index contributed by atoms with van der Waals surface area (Å²) in [4.78, 5) is 3.85. The molecular formula is C9H7ClFNO. The van der Waals surface area contributed by atoms with Gasteiger partial charge in [0.15, 0.2) is 0 Å². The minimum Gasteiger partial charge on any atom is -0.506 e. The van der Waals surface area contributed by atoms with Gasteiger partial charge in [0, 0.05) is 11.6 Å². The molecule has 13 heavy (non-hydrogen) atoms. The molecule has 0 saturated heterocycles. The van der Waals surface area contributed by atoms with Crippen LogP contribution >= 0.6 is 12.4 Å². The molecule has 1 aromatic heterocycles. The lowest BCUT2D eigenvalue weighted by molar-refractivity contribution is 0.479. The van der Waals surface area contributed by atoms with E-state index >= 15 is 0 Å². The Hall–Kier alpha value is -1.35. The topological polar surface area (TPSA) is 33.1 Å². The minimum atomic E-state index is -0.365. The second kappa shape index (κ2) is 3.58. The van der Waals surface area contributed by atoms with E-state index in [0.717, 1.165) is 0 Å². The molecule has 0 bridgehead atoms. The number of fused-ring (bicyclic) bond motifs is 1. The Morgan fingerprint density at radius 1 is 1.23 bits per heavy atom. The highest BCUT2D eigenvalue weighted by atomic mass is 35.5. The average Bonchev–Trinajstić information content (AvgIpc) is 2.12. The van der Waals surface area contributed by atoms with Crippen LogP contribution in [0.5, 0.6) is 5.75 Å². The van der Waals surface area contributed by atoms with E-state index in [1.54, 1.807) is 12.1 Å². The summed E-state index contributed by atoms with van der Waals surface area (Å²) < 4.78 is 13.0. The van der Waals surface area contributed by atoms with Gasteiger partial charge >= 0.3 is 0 Å². The van der Waals surface area contributed by atoms with Crippen LogP contribution in [0.15, 0.2) is 30.5 Å². The van der Waals surface area contributed by atoms with Crippen LogP contribution in [0.2, 0.25) is 0 Å². The first-order valence-electron chi connectivity index (χ1n) is 3.51. The van der Waals surface area contributed by atoms with Crippen molar-refractivity contribution in [3.8, 4) is 5.75 Å². The number of hydrogen-bond donors (Lipinski definition) is 1. The van der Waals surface area contributed by atoms with Crippen molar-refractivity contribution in [2.24, 2.45) is 0 Å². The van der Waals surface area contributed by atoms with Crippen molar-refractivity contribution in [1.29, 1.82) is 0 Å². The predicted molar refractivity (Wildman–Crippen MR) is 50.6 cm³/mol. The zero-order chi connectivity index (χ0) is 8.55. The quantitative estimate of drug-likeness (QED) is 0.707. The van der Waals surface area contributed by atoms with E-state index in [-0.39, 0.29) is 24.0 Å². The molecular weight excluding hydrogens is 193 g/mol. The van der Waals surface area contributed by atoms with E-state index in [9.17, 15) is 9.50 Å². The SMILES string of the molecule is Cl.Oc1ccc(F)c2cccnc12. The van der Waals surface area contributed by atoms with Crippen LogP contribution in [0.25, 0.3) is 10.9 Å². The normalized spacial score (nSPS) is 9.62. The molecule has 2 nitrogen and oxygen atoms in total. The molecule has 0 aliphatic carbocycles. The Morgan fingerprint density at radius 2 is 2.00 bits per heavy atom. The predicted octanol–water partition coefficient (Wildman–Crippen LogP) is 2.50. The number of halogens is 2. The number of pyridine rings is 1. The highest BCUT2D eigenvalue weighted by Gasteiger charge is 2.03. The number of phenolic OH excluding ortho intramolecular Hbond substituents is 1. The number of benzene rings is 1. The van der Waals surface area contributed by atoms with Crippen molar-refractivity contribution in [1.82, 2.24) is 4.98 Å². The Bertz CT molecular complexity index is 392. The molecule has 1 aromatic carbocycles. The van der Waals surface area contributed by atoms with Crippen molar-refractivity contribution in [3.05, 3.63) is 36.3 Å². The lowest BCUT2D eigenvalue weighted by Gasteiger charge is -1.99. The fourth-order valence-corrected chi connectivity index (χ4v) is 1.12. The molecule has 68 valence electrons. The summed E-state index contributed by atoms with van der Waals surface area (Å²) in [6.07, 6.45) is 1.52. The van der Waals surface area contributed by atoms with Crippen LogP contribution in [0.1, 0.15) is 0 Å². The van der Waals surface area contributed by atoms with Gasteiger partial charge in [-0.15, -0.1) is 12.4 Å². The van der Waals surface area contributed by atoms with Gasteiger partial charge < -0.3 is 5.11 Å². The molecule has 0 amide bonds. The monoisotopic (exact) mass is 199 g/mol. The maximum Gasteiger partial charge on any atom is 0.142 e. The van der Waals surface area contributed by atoms with Crippen LogP contribution in [0.3, 0.4) is 0 Å². The van der Waals surface area contributed by atoms with Crippen molar-refractivity contribution in [2.75, 3.05) is 0 Å². The molecule has 1 heterocycles. The first-order chi connectivity index (χ1) is 5.79. The van der Waals surface area contributed by atoms with Gasteiger partial charge in [0.1, 0.15) is 17.1 Å². The zero-order valence-corrected chi connectivity index (χ0v) is 7.38. The Morgan fingerprint density at radius 3 is 2.69 bits per heavy atom. The molecule has 0 spiro atoms. The third kappa shape index (κ3) is 1.55. The number of rotatable bonds is 0. The zero-order valence-electron chi connectivity index (χ0n) is 6.57. The fourth-order valence-electron chi connectivity index (χ4n) is 1.12. The highest BCUT2D eigenvalue weighted by Crippen LogP contribution is 2.23. The van der Waals surface area contributed by atoms with E-state index < -0.39 is 0 Å². The third-order valence-electron chi connectivity index (χ3n) is 1.70. The number of aromatic nitrogens is 1. The summed E-state index contributed by atoms with van der Waals surface area (Å²) in [5.74, 6) is -0.358. The van der Waals surface area contributed by atoms with Gasteiger partial charge in [-0.05, 0) is 24.3 Å². The van der Waals surface area contributed by atoms with E-state index in [0.29, 0.717) is 10.9 Å². The molecule has 0 aliphatic rings. The Kier molecular flexibility index (Phi) is 2.68. The van der Waals surface area contributed by atoms with Crippen LogP contribution in [0.4, 0.5) is 4.39 Å². The molecule has 0 unspecified atom stereocenters. The summed E-state index contributed by atoms with van der Waals surface area (Å²) >= 11 is 0. The van der Waals surface area contributed by atoms with Gasteiger partial charge in [0.05, 0.1) is 0 Å². The summed E-state index contributed by atoms with van der Waals surface area (Å²) in [7, 11) is 0. The van der Waals surface area contributed by atoms with Crippen LogP contribution in [-0.2, 0) is 0 Å². The molecule has 0 atom stereocenters. The van der Waals surface area contributed by atoms with Crippen molar-refractivity contribution >= 4 is 23.3 Å². The van der Waals surface area contributed by atoms with Crippen LogP contribution in [0, 0.1) is 5.82 Å². The number of phenols is 1. The van der Waals surface area contributed by atoms with E-state index in [2.05, 4.69) is 4.98 Å². The summed E-state index contributed by atoms with van der Waals surface area (Å²) in [5.41, 5.74) is 0.303. The van der Waals surface area contributed by atoms with Gasteiger partial charge in [0.25, 0.3) is 0 Å². The molecule has 2 rings (SSSR count). The van der Waals surface area contributed by atoms with Gasteiger partial charge in [-0.25, -0.2) is 4.39 Å². The smallest absolute Gasteiger partial charge is 0.142 e. The summed E-state index contributed by atoms with van der Waals surface area (Å²) in [5, 5.41) is 9.61. The maximum atomic E-state index is 13.0. The average molecular weight is 200 g/mol. The molecule has 0 saturated carbocycles. The van der Waals surface area contributed by atoms with Crippen LogP contribution in [-0.4, -0.2) is 10.1 Å². The second-order valence-electron chi connectivity index (χ2n) is 2.47. The van der Waals surface area contributed by atoms with Crippen LogP contribution < -0.4 is 0 Å². The molecule has 4 heteroatoms. The van der Waals surface area contributed by atoms with Gasteiger partial charge in [-0.1, -0.05) is 0 Å². The Balaban J connectivity index is 0.000000845. The van der Waals surface area contributed by atoms with Gasteiger partial charge in [-0.3, -0.25) is 4.98 Å². The fraction of sp³-hybridized carbons (Fsp3) is 0. The lowest BCUT2D eigenvalue weighted by Crippen LogP contribution is -1.82. The Labute approximate surface area is 80.4 Å². The third-order valence-corrected chi connectivity index (χ3v) is 1.70. The van der Waals surface area contributed by atoms with Crippen molar-refractivity contribution in [2.45, 2.75) is 0 Å². The standard InChI is InChI=1S/C9H6FNO.ClH/c10-7-3-4-8(12)9-6(7)2-1-5-11-9;/h1-5,12H;1H. The number of aromatic hydroxyl groups is 1. The first kappa shape index (κ1) is 9.74. The molecule has 0 aliphatic heterocycles. The van der Waals surface area contributed by atoms with Gasteiger partial charge in [-0.2, -0.15) is 0 Å². The molecule has 0 fully saturated rings. The second-order valence-corrected chi connectivity index (χ2v) is 2.47. The molecule has 0 radical (unpaired) electrons. The molecule has 1 N–H and O–H groups in total. The minimum absolute atomic E-state index is 0. The largest absolute Gasteiger partial charge is 0.506 e. The number of hydrogen-bond acceptors (Lipinski definition) is 2. The van der Waals surface area contributed by atoms with Crippen molar-refractivity contribution < 1.29 is 9.50 Å². The summed E-state index contributed by atoms with van der Waals surface area (Å²) in [6.45, 7) is 0. The van der Waals surface area contributed by atoms with E-state index in [4.69, 9.17) is 0 Å². The maximum absolute atomic E-state index is 13.0. The summed E-state index contributed by atoms with van der Waals surface area (Å²) in [6, 6.07) is 5.73. The highest BCUT2D eigenvalue weighted by molar-refractivity contribution is 5.85. The number of nitrogens with zero attached hydrogens (tertiary/aromatic N) is 1. The van der Waals surface area contributed by atoms with E-state index in [1.165, 1.54) is 18.3 Å².